The summed E-state index contributed by atoms with van der Waals surface area (Å²) < 4.78 is 0. The molecule has 1 aliphatic heterocycles. The van der Waals surface area contributed by atoms with Crippen LogP contribution in [0.1, 0.15) is 38.7 Å². The second-order valence-corrected chi connectivity index (χ2v) is 6.86. The lowest BCUT2D eigenvalue weighted by atomic mass is 9.70. The Labute approximate surface area is 125 Å². The maximum atomic E-state index is 12.9. The van der Waals surface area contributed by atoms with Crippen LogP contribution in [0.25, 0.3) is 0 Å². The third-order valence-corrected chi connectivity index (χ3v) is 4.92. The Morgan fingerprint density at radius 3 is 2.38 bits per heavy atom. The number of hydrogen-bond acceptors (Lipinski definition) is 2. The first-order valence-corrected chi connectivity index (χ1v) is 7.59. The molecule has 1 heterocycles. The molecule has 1 aliphatic carbocycles. The normalized spacial score (nSPS) is 28.0. The highest BCUT2D eigenvalue weighted by Gasteiger charge is 2.46. The highest BCUT2D eigenvalue weighted by molar-refractivity contribution is 5.98. The molecule has 0 spiro atoms. The van der Waals surface area contributed by atoms with Crippen molar-refractivity contribution in [1.29, 1.82) is 0 Å². The molecule has 21 heavy (non-hydrogen) atoms. The molecule has 2 fully saturated rings. The van der Waals surface area contributed by atoms with Crippen LogP contribution in [0, 0.1) is 5.41 Å². The fourth-order valence-corrected chi connectivity index (χ4v) is 3.43. The lowest BCUT2D eigenvalue weighted by Gasteiger charge is -2.46. The summed E-state index contributed by atoms with van der Waals surface area (Å²) in [5, 5.41) is 2.88. The van der Waals surface area contributed by atoms with Crippen molar-refractivity contribution in [3.8, 4) is 0 Å². The Bertz CT molecular complexity index is 565. The number of carbonyl (C=O) groups is 2. The van der Waals surface area contributed by atoms with Gasteiger partial charge in [-0.25, -0.2) is 0 Å². The molecule has 1 saturated carbocycles. The first-order chi connectivity index (χ1) is 9.93. The number of hydrogen-bond donors (Lipinski definition) is 1. The van der Waals surface area contributed by atoms with Gasteiger partial charge in [0, 0.05) is 6.54 Å². The molecule has 2 aliphatic rings. The largest absolute Gasteiger partial charge is 0.337 e. The third-order valence-electron chi connectivity index (χ3n) is 4.92. The number of nitrogens with one attached hydrogen (secondary N) is 1. The van der Waals surface area contributed by atoms with Crippen LogP contribution in [0.15, 0.2) is 30.3 Å². The molecule has 4 nitrogen and oxygen atoms in total. The van der Waals surface area contributed by atoms with Crippen LogP contribution in [0.4, 0.5) is 0 Å². The van der Waals surface area contributed by atoms with E-state index in [2.05, 4.69) is 12.2 Å². The maximum absolute atomic E-state index is 12.9. The molecule has 1 N–H and O–H groups in total. The van der Waals surface area contributed by atoms with Gasteiger partial charge in [0.05, 0.1) is 6.54 Å². The quantitative estimate of drug-likeness (QED) is 0.924. The Hall–Kier alpha value is -1.84. The van der Waals surface area contributed by atoms with E-state index in [1.165, 1.54) is 6.42 Å². The molecule has 4 heteroatoms. The zero-order valence-corrected chi connectivity index (χ0v) is 12.7. The van der Waals surface area contributed by atoms with Crippen LogP contribution in [-0.4, -0.2) is 29.8 Å². The van der Waals surface area contributed by atoms with Crippen LogP contribution < -0.4 is 5.32 Å². The van der Waals surface area contributed by atoms with Gasteiger partial charge in [0.15, 0.2) is 0 Å². The second-order valence-electron chi connectivity index (χ2n) is 6.86. The number of amides is 2. The zero-order chi connectivity index (χ0) is 15.1. The van der Waals surface area contributed by atoms with Gasteiger partial charge in [-0.2, -0.15) is 0 Å². The number of piperazine rings is 1. The van der Waals surface area contributed by atoms with Gasteiger partial charge in [0.2, 0.25) is 5.91 Å². The molecule has 1 unspecified atom stereocenters. The van der Waals surface area contributed by atoms with Crippen molar-refractivity contribution in [3.63, 3.8) is 0 Å². The molecule has 3 rings (SSSR count). The van der Waals surface area contributed by atoms with E-state index in [0.717, 1.165) is 18.4 Å². The van der Waals surface area contributed by atoms with Crippen LogP contribution in [-0.2, 0) is 15.1 Å². The van der Waals surface area contributed by atoms with Gasteiger partial charge in [0.1, 0.15) is 5.54 Å². The first-order valence-electron chi connectivity index (χ1n) is 7.59. The van der Waals surface area contributed by atoms with Gasteiger partial charge in [-0.3, -0.25) is 9.59 Å². The molecule has 1 aromatic carbocycles. The fourth-order valence-electron chi connectivity index (χ4n) is 3.43. The van der Waals surface area contributed by atoms with Crippen LogP contribution in [0.5, 0.6) is 0 Å². The zero-order valence-electron chi connectivity index (χ0n) is 12.7. The summed E-state index contributed by atoms with van der Waals surface area (Å²) in [5.41, 5.74) is 0.0773. The van der Waals surface area contributed by atoms with Crippen LogP contribution >= 0.6 is 0 Å². The lowest BCUT2D eigenvalue weighted by molar-refractivity contribution is -0.152. The van der Waals surface area contributed by atoms with E-state index >= 15 is 0 Å². The summed E-state index contributed by atoms with van der Waals surface area (Å²) in [5.74, 6) is -0.0784. The molecular formula is C17H22N2O2. The van der Waals surface area contributed by atoms with E-state index in [0.29, 0.717) is 6.54 Å². The Morgan fingerprint density at radius 2 is 1.81 bits per heavy atom. The highest BCUT2D eigenvalue weighted by atomic mass is 16.2. The van der Waals surface area contributed by atoms with E-state index < -0.39 is 5.54 Å². The first kappa shape index (κ1) is 14.1. The number of benzene rings is 1. The molecule has 0 bridgehead atoms. The molecule has 1 aromatic rings. The van der Waals surface area contributed by atoms with Crippen molar-refractivity contribution < 1.29 is 9.59 Å². The minimum absolute atomic E-state index is 0.00132. The predicted molar refractivity (Wildman–Crippen MR) is 80.5 cm³/mol. The van der Waals surface area contributed by atoms with Crippen molar-refractivity contribution in [2.24, 2.45) is 5.41 Å². The molecule has 1 atom stereocenters. The Kier molecular flexibility index (Phi) is 3.27. The van der Waals surface area contributed by atoms with Gasteiger partial charge in [0.25, 0.3) is 5.91 Å². The number of carbonyl (C=O) groups excluding carboxylic acids is 2. The minimum atomic E-state index is -0.948. The van der Waals surface area contributed by atoms with Crippen LogP contribution in [0.2, 0.25) is 0 Å². The minimum Gasteiger partial charge on any atom is -0.337 e. The molecule has 112 valence electrons. The van der Waals surface area contributed by atoms with Crippen molar-refractivity contribution in [2.45, 2.75) is 38.6 Å². The second kappa shape index (κ2) is 4.86. The van der Waals surface area contributed by atoms with E-state index in [-0.39, 0.29) is 23.8 Å². The number of nitrogens with zero attached hydrogens (tertiary/aromatic N) is 1. The monoisotopic (exact) mass is 286 g/mol. The van der Waals surface area contributed by atoms with E-state index in [1.54, 1.807) is 11.8 Å². The predicted octanol–water partition coefficient (Wildman–Crippen LogP) is 2.05. The van der Waals surface area contributed by atoms with Crippen molar-refractivity contribution in [3.05, 3.63) is 35.9 Å². The molecule has 0 radical (unpaired) electrons. The maximum Gasteiger partial charge on any atom is 0.253 e. The molecular weight excluding hydrogens is 264 g/mol. The van der Waals surface area contributed by atoms with E-state index in [1.807, 2.05) is 30.3 Å². The summed E-state index contributed by atoms with van der Waals surface area (Å²) in [6.07, 6.45) is 3.50. The van der Waals surface area contributed by atoms with Gasteiger partial charge in [-0.05, 0) is 30.7 Å². The Balaban J connectivity index is 1.88. The van der Waals surface area contributed by atoms with Crippen LogP contribution in [0.3, 0.4) is 0 Å². The summed E-state index contributed by atoms with van der Waals surface area (Å²) in [6, 6.07) is 9.49. The number of rotatable bonds is 3. The highest BCUT2D eigenvalue weighted by Crippen LogP contribution is 2.41. The van der Waals surface area contributed by atoms with Crippen molar-refractivity contribution in [1.82, 2.24) is 10.2 Å². The SMILES string of the molecule is CC1(CN2CC(=O)NC(C)(c3ccccc3)C2=O)CCC1. The average molecular weight is 286 g/mol. The van der Waals surface area contributed by atoms with Gasteiger partial charge in [-0.1, -0.05) is 43.7 Å². The van der Waals surface area contributed by atoms with E-state index in [9.17, 15) is 9.59 Å². The smallest absolute Gasteiger partial charge is 0.253 e. The standard InChI is InChI=1S/C17H22N2O2/c1-16(9-6-10-16)12-19-11-14(20)18-17(2,15(19)21)13-7-4-3-5-8-13/h3-5,7-8H,6,9-12H2,1-2H3,(H,18,20). The molecule has 1 saturated heterocycles. The van der Waals surface area contributed by atoms with Crippen molar-refractivity contribution >= 4 is 11.8 Å². The summed E-state index contributed by atoms with van der Waals surface area (Å²) in [7, 11) is 0. The summed E-state index contributed by atoms with van der Waals surface area (Å²) in [6.45, 7) is 4.87. The van der Waals surface area contributed by atoms with Crippen molar-refractivity contribution in [2.75, 3.05) is 13.1 Å². The van der Waals surface area contributed by atoms with E-state index in [4.69, 9.17) is 0 Å². The van der Waals surface area contributed by atoms with Gasteiger partial charge < -0.3 is 10.2 Å². The fraction of sp³-hybridized carbons (Fsp3) is 0.529. The van der Waals surface area contributed by atoms with Gasteiger partial charge in [-0.15, -0.1) is 0 Å². The topological polar surface area (TPSA) is 49.4 Å². The molecule has 0 aromatic heterocycles. The van der Waals surface area contributed by atoms with Gasteiger partial charge >= 0.3 is 0 Å². The Morgan fingerprint density at radius 1 is 1.14 bits per heavy atom. The third kappa shape index (κ3) is 2.43. The average Bonchev–Trinajstić information content (AvgIpc) is 2.43. The summed E-state index contributed by atoms with van der Waals surface area (Å²) >= 11 is 0. The summed E-state index contributed by atoms with van der Waals surface area (Å²) in [4.78, 5) is 26.8. The lowest BCUT2D eigenvalue weighted by Crippen LogP contribution is -2.64. The molecule has 2 amide bonds.